The van der Waals surface area contributed by atoms with E-state index < -0.39 is 0 Å². The molecule has 6 nitrogen and oxygen atoms in total. The molecule has 3 rings (SSSR count). The highest BCUT2D eigenvalue weighted by molar-refractivity contribution is 6.33. The molecule has 3 aromatic rings. The largest absolute Gasteiger partial charge is 0.372 e. The fraction of sp³-hybridized carbons (Fsp3) is 0.235. The zero-order chi connectivity index (χ0) is 17.8. The molecule has 2 heterocycles. The van der Waals surface area contributed by atoms with Crippen LogP contribution in [0.15, 0.2) is 54.0 Å². The highest BCUT2D eigenvalue weighted by Gasteiger charge is 2.13. The third kappa shape index (κ3) is 4.03. The Morgan fingerprint density at radius 3 is 2.64 bits per heavy atom. The van der Waals surface area contributed by atoms with Crippen molar-refractivity contribution in [3.63, 3.8) is 0 Å². The van der Waals surface area contributed by atoms with Gasteiger partial charge in [-0.15, -0.1) is 0 Å². The third-order valence-electron chi connectivity index (χ3n) is 3.85. The summed E-state index contributed by atoms with van der Waals surface area (Å²) in [5.41, 5.74) is 0.871. The zero-order valence-corrected chi connectivity index (χ0v) is 15.2. The first kappa shape index (κ1) is 17.5. The summed E-state index contributed by atoms with van der Waals surface area (Å²) in [5.74, 6) is 0. The minimum atomic E-state index is -0.358. The third-order valence-corrected chi connectivity index (χ3v) is 4.46. The van der Waals surface area contributed by atoms with Gasteiger partial charge in [-0.3, -0.25) is 4.79 Å². The maximum absolute atomic E-state index is 12.5. The predicted molar refractivity (Wildman–Crippen MR) is 100.0 cm³/mol. The Hall–Kier alpha value is -2.31. The van der Waals surface area contributed by atoms with Crippen molar-refractivity contribution in [2.24, 2.45) is 0 Å². The maximum Gasteiger partial charge on any atom is 0.292 e. The van der Waals surface area contributed by atoms with Gasteiger partial charge in [0, 0.05) is 37.6 Å². The van der Waals surface area contributed by atoms with Crippen LogP contribution >= 0.6 is 23.2 Å². The standard InChI is InChI=1S/C17H17Cl2N5O/c1-22(8-2-9-23-10-7-20-12-23)15-11-21-24(17(25)16(15)19)14-5-3-13(18)4-6-14/h3-7,10-12H,2,8-9H2,1H3. The van der Waals surface area contributed by atoms with Crippen LogP contribution in [0.4, 0.5) is 5.69 Å². The van der Waals surface area contributed by atoms with Crippen LogP contribution in [0.5, 0.6) is 0 Å². The zero-order valence-electron chi connectivity index (χ0n) is 13.6. The number of benzene rings is 1. The molecular weight excluding hydrogens is 361 g/mol. The second-order valence-electron chi connectivity index (χ2n) is 5.61. The Morgan fingerprint density at radius 1 is 1.20 bits per heavy atom. The van der Waals surface area contributed by atoms with Gasteiger partial charge in [0.1, 0.15) is 5.02 Å². The quantitative estimate of drug-likeness (QED) is 0.661. The monoisotopic (exact) mass is 377 g/mol. The van der Waals surface area contributed by atoms with Gasteiger partial charge in [0.25, 0.3) is 5.56 Å². The second kappa shape index (κ2) is 7.72. The van der Waals surface area contributed by atoms with Crippen LogP contribution in [0.2, 0.25) is 10.0 Å². The number of aryl methyl sites for hydroxylation is 1. The first-order valence-corrected chi connectivity index (χ1v) is 8.52. The number of hydrogen-bond donors (Lipinski definition) is 0. The lowest BCUT2D eigenvalue weighted by Gasteiger charge is -2.20. The highest BCUT2D eigenvalue weighted by atomic mass is 35.5. The second-order valence-corrected chi connectivity index (χ2v) is 6.43. The highest BCUT2D eigenvalue weighted by Crippen LogP contribution is 2.21. The van der Waals surface area contributed by atoms with Gasteiger partial charge in [-0.2, -0.15) is 9.78 Å². The van der Waals surface area contributed by atoms with E-state index in [0.29, 0.717) is 16.4 Å². The molecule has 0 unspecified atom stereocenters. The number of anilines is 1. The van der Waals surface area contributed by atoms with Crippen molar-refractivity contribution >= 4 is 28.9 Å². The summed E-state index contributed by atoms with van der Waals surface area (Å²) in [6.45, 7) is 1.58. The van der Waals surface area contributed by atoms with E-state index in [9.17, 15) is 4.79 Å². The first-order chi connectivity index (χ1) is 12.1. The van der Waals surface area contributed by atoms with Gasteiger partial charge in [0.2, 0.25) is 0 Å². The number of rotatable bonds is 6. The number of imidazole rings is 1. The minimum absolute atomic E-state index is 0.148. The summed E-state index contributed by atoms with van der Waals surface area (Å²) in [6.07, 6.45) is 7.95. The Labute approximate surface area is 155 Å². The van der Waals surface area contributed by atoms with Gasteiger partial charge in [-0.25, -0.2) is 4.98 Å². The van der Waals surface area contributed by atoms with Gasteiger partial charge >= 0.3 is 0 Å². The van der Waals surface area contributed by atoms with Crippen molar-refractivity contribution in [1.29, 1.82) is 0 Å². The molecule has 0 aliphatic rings. The van der Waals surface area contributed by atoms with Crippen LogP contribution in [-0.2, 0) is 6.54 Å². The summed E-state index contributed by atoms with van der Waals surface area (Å²) in [4.78, 5) is 18.5. The molecule has 0 aliphatic heterocycles. The molecule has 25 heavy (non-hydrogen) atoms. The summed E-state index contributed by atoms with van der Waals surface area (Å²) in [5, 5.41) is 4.98. The van der Waals surface area contributed by atoms with Crippen molar-refractivity contribution in [2.45, 2.75) is 13.0 Å². The van der Waals surface area contributed by atoms with Gasteiger partial charge in [0.15, 0.2) is 0 Å². The van der Waals surface area contributed by atoms with E-state index in [-0.39, 0.29) is 10.6 Å². The summed E-state index contributed by atoms with van der Waals surface area (Å²) < 4.78 is 3.27. The molecule has 0 N–H and O–H groups in total. The Kier molecular flexibility index (Phi) is 5.40. The van der Waals surface area contributed by atoms with E-state index in [2.05, 4.69) is 10.1 Å². The summed E-state index contributed by atoms with van der Waals surface area (Å²) >= 11 is 12.2. The van der Waals surface area contributed by atoms with E-state index in [1.54, 1.807) is 43.0 Å². The molecular formula is C17H17Cl2N5O. The molecule has 2 aromatic heterocycles. The number of nitrogens with zero attached hydrogens (tertiary/aromatic N) is 5. The van der Waals surface area contributed by atoms with Crippen LogP contribution in [-0.4, -0.2) is 32.9 Å². The van der Waals surface area contributed by atoms with Gasteiger partial charge < -0.3 is 9.47 Å². The number of aromatic nitrogens is 4. The minimum Gasteiger partial charge on any atom is -0.372 e. The van der Waals surface area contributed by atoms with Crippen molar-refractivity contribution in [3.8, 4) is 5.69 Å². The van der Waals surface area contributed by atoms with E-state index in [1.165, 1.54) is 4.68 Å². The fourth-order valence-corrected chi connectivity index (χ4v) is 2.89. The fourth-order valence-electron chi connectivity index (χ4n) is 2.49. The van der Waals surface area contributed by atoms with Crippen LogP contribution in [0.25, 0.3) is 5.69 Å². The molecule has 0 fully saturated rings. The van der Waals surface area contributed by atoms with Crippen molar-refractivity contribution in [1.82, 2.24) is 19.3 Å². The van der Waals surface area contributed by atoms with Gasteiger partial charge in [-0.1, -0.05) is 23.2 Å². The molecule has 0 amide bonds. The predicted octanol–water partition coefficient (Wildman–Crippen LogP) is 3.26. The molecule has 1 aromatic carbocycles. The maximum atomic E-state index is 12.5. The van der Waals surface area contributed by atoms with Crippen LogP contribution in [0.1, 0.15) is 6.42 Å². The molecule has 0 saturated carbocycles. The van der Waals surface area contributed by atoms with Crippen LogP contribution in [0, 0.1) is 0 Å². The van der Waals surface area contributed by atoms with Crippen molar-refractivity contribution < 1.29 is 0 Å². The number of hydrogen-bond acceptors (Lipinski definition) is 4. The number of halogens is 2. The molecule has 0 aliphatic carbocycles. The van der Waals surface area contributed by atoms with E-state index in [4.69, 9.17) is 23.2 Å². The van der Waals surface area contributed by atoms with Crippen LogP contribution < -0.4 is 10.5 Å². The average molecular weight is 378 g/mol. The van der Waals surface area contributed by atoms with Crippen LogP contribution in [0.3, 0.4) is 0 Å². The summed E-state index contributed by atoms with van der Waals surface area (Å²) in [7, 11) is 1.89. The molecule has 130 valence electrons. The first-order valence-electron chi connectivity index (χ1n) is 7.77. The normalized spacial score (nSPS) is 10.8. The lowest BCUT2D eigenvalue weighted by molar-refractivity contribution is 0.636. The van der Waals surface area contributed by atoms with E-state index in [0.717, 1.165) is 19.5 Å². The molecule has 0 radical (unpaired) electrons. The topological polar surface area (TPSA) is 56.0 Å². The van der Waals surface area contributed by atoms with Gasteiger partial charge in [-0.05, 0) is 30.7 Å². The van der Waals surface area contributed by atoms with Gasteiger partial charge in [0.05, 0.1) is 23.9 Å². The Morgan fingerprint density at radius 2 is 1.96 bits per heavy atom. The van der Waals surface area contributed by atoms with E-state index in [1.807, 2.05) is 22.7 Å². The van der Waals surface area contributed by atoms with Crippen molar-refractivity contribution in [3.05, 3.63) is 69.6 Å². The Bertz CT molecular complexity index is 890. The van der Waals surface area contributed by atoms with Crippen molar-refractivity contribution in [2.75, 3.05) is 18.5 Å². The molecule has 0 saturated heterocycles. The molecule has 0 bridgehead atoms. The molecule has 0 atom stereocenters. The SMILES string of the molecule is CN(CCCn1ccnc1)c1cnn(-c2ccc(Cl)cc2)c(=O)c1Cl. The summed E-state index contributed by atoms with van der Waals surface area (Å²) in [6, 6.07) is 6.85. The smallest absolute Gasteiger partial charge is 0.292 e. The lowest BCUT2D eigenvalue weighted by Crippen LogP contribution is -2.27. The lowest BCUT2D eigenvalue weighted by atomic mass is 10.3. The Balaban J connectivity index is 1.75. The van der Waals surface area contributed by atoms with E-state index >= 15 is 0 Å². The molecule has 0 spiro atoms. The molecule has 8 heteroatoms. The average Bonchev–Trinajstić information content (AvgIpc) is 3.11.